The molecule has 1 aromatic carbocycles. The SMILES string of the molecule is CN(C)CCCCCC(=O)OCc1ccccc1. The fourth-order valence-electron chi connectivity index (χ4n) is 1.68. The van der Waals surface area contributed by atoms with E-state index in [0.29, 0.717) is 13.0 Å². The van der Waals surface area contributed by atoms with Crippen molar-refractivity contribution in [3.8, 4) is 0 Å². The summed E-state index contributed by atoms with van der Waals surface area (Å²) in [6.45, 7) is 1.47. The lowest BCUT2D eigenvalue weighted by atomic mass is 10.2. The van der Waals surface area contributed by atoms with Gasteiger partial charge in [-0.2, -0.15) is 0 Å². The molecule has 0 N–H and O–H groups in total. The quantitative estimate of drug-likeness (QED) is 0.524. The van der Waals surface area contributed by atoms with Gasteiger partial charge in [0.1, 0.15) is 6.61 Å². The molecule has 3 nitrogen and oxygen atoms in total. The van der Waals surface area contributed by atoms with E-state index in [2.05, 4.69) is 19.0 Å². The molecule has 18 heavy (non-hydrogen) atoms. The Labute approximate surface area is 110 Å². The van der Waals surface area contributed by atoms with E-state index in [1.807, 2.05) is 30.3 Å². The topological polar surface area (TPSA) is 29.5 Å². The van der Waals surface area contributed by atoms with E-state index in [4.69, 9.17) is 4.74 Å². The summed E-state index contributed by atoms with van der Waals surface area (Å²) in [5, 5.41) is 0. The van der Waals surface area contributed by atoms with E-state index in [1.54, 1.807) is 0 Å². The Morgan fingerprint density at radius 3 is 2.50 bits per heavy atom. The van der Waals surface area contributed by atoms with Crippen LogP contribution in [0, 0.1) is 0 Å². The highest BCUT2D eigenvalue weighted by molar-refractivity contribution is 5.69. The summed E-state index contributed by atoms with van der Waals surface area (Å²) in [5.74, 6) is -0.0938. The van der Waals surface area contributed by atoms with Crippen molar-refractivity contribution in [2.45, 2.75) is 32.3 Å². The van der Waals surface area contributed by atoms with Crippen LogP contribution in [0.4, 0.5) is 0 Å². The first-order valence-corrected chi connectivity index (χ1v) is 6.53. The third-order valence-electron chi connectivity index (χ3n) is 2.73. The second-order valence-corrected chi connectivity index (χ2v) is 4.76. The normalized spacial score (nSPS) is 10.6. The van der Waals surface area contributed by atoms with Crippen LogP contribution in [-0.4, -0.2) is 31.5 Å². The molecule has 0 unspecified atom stereocenters. The Morgan fingerprint density at radius 1 is 1.11 bits per heavy atom. The van der Waals surface area contributed by atoms with Gasteiger partial charge in [0.25, 0.3) is 0 Å². The van der Waals surface area contributed by atoms with Crippen molar-refractivity contribution in [2.24, 2.45) is 0 Å². The lowest BCUT2D eigenvalue weighted by Gasteiger charge is -2.08. The van der Waals surface area contributed by atoms with Gasteiger partial charge in [0.2, 0.25) is 0 Å². The fourth-order valence-corrected chi connectivity index (χ4v) is 1.68. The Balaban J connectivity index is 2.04. The van der Waals surface area contributed by atoms with Gasteiger partial charge in [0, 0.05) is 6.42 Å². The van der Waals surface area contributed by atoms with Crippen LogP contribution in [0.2, 0.25) is 0 Å². The Hall–Kier alpha value is -1.35. The van der Waals surface area contributed by atoms with Crippen molar-refractivity contribution >= 4 is 5.97 Å². The summed E-state index contributed by atoms with van der Waals surface area (Å²) in [6, 6.07) is 9.78. The molecule has 0 aliphatic heterocycles. The molecular weight excluding hydrogens is 226 g/mol. The van der Waals surface area contributed by atoms with Gasteiger partial charge in [0.05, 0.1) is 0 Å². The van der Waals surface area contributed by atoms with E-state index in [1.165, 1.54) is 0 Å². The maximum Gasteiger partial charge on any atom is 0.306 e. The van der Waals surface area contributed by atoms with Crippen molar-refractivity contribution in [3.05, 3.63) is 35.9 Å². The summed E-state index contributed by atoms with van der Waals surface area (Å²) < 4.78 is 5.21. The second-order valence-electron chi connectivity index (χ2n) is 4.76. The number of hydrogen-bond acceptors (Lipinski definition) is 3. The van der Waals surface area contributed by atoms with Crippen molar-refractivity contribution < 1.29 is 9.53 Å². The van der Waals surface area contributed by atoms with Gasteiger partial charge in [0.15, 0.2) is 0 Å². The highest BCUT2D eigenvalue weighted by atomic mass is 16.5. The second kappa shape index (κ2) is 8.70. The molecule has 1 aromatic rings. The maximum atomic E-state index is 11.5. The summed E-state index contributed by atoms with van der Waals surface area (Å²) in [7, 11) is 4.13. The molecule has 0 atom stereocenters. The Morgan fingerprint density at radius 2 is 1.83 bits per heavy atom. The summed E-state index contributed by atoms with van der Waals surface area (Å²) >= 11 is 0. The highest BCUT2D eigenvalue weighted by Gasteiger charge is 2.03. The third-order valence-corrected chi connectivity index (χ3v) is 2.73. The van der Waals surface area contributed by atoms with Crippen molar-refractivity contribution in [1.82, 2.24) is 4.90 Å². The third kappa shape index (κ3) is 7.07. The number of benzene rings is 1. The first kappa shape index (κ1) is 14.7. The first-order valence-electron chi connectivity index (χ1n) is 6.53. The molecule has 0 amide bonds. The van der Waals surface area contributed by atoms with E-state index in [0.717, 1.165) is 31.4 Å². The predicted molar refractivity (Wildman–Crippen MR) is 73.3 cm³/mol. The van der Waals surface area contributed by atoms with Crippen molar-refractivity contribution in [3.63, 3.8) is 0 Å². The minimum Gasteiger partial charge on any atom is -0.461 e. The van der Waals surface area contributed by atoms with Crippen LogP contribution >= 0.6 is 0 Å². The van der Waals surface area contributed by atoms with Crippen LogP contribution in [0.1, 0.15) is 31.2 Å². The highest BCUT2D eigenvalue weighted by Crippen LogP contribution is 2.05. The number of esters is 1. The van der Waals surface area contributed by atoms with E-state index in [9.17, 15) is 4.79 Å². The lowest BCUT2D eigenvalue weighted by molar-refractivity contribution is -0.145. The number of rotatable bonds is 8. The molecule has 1 rings (SSSR count). The minimum absolute atomic E-state index is 0.0938. The molecular formula is C15H23NO2. The minimum atomic E-state index is -0.0938. The van der Waals surface area contributed by atoms with E-state index >= 15 is 0 Å². The Kier molecular flexibility index (Phi) is 7.11. The van der Waals surface area contributed by atoms with Gasteiger partial charge in [-0.15, -0.1) is 0 Å². The average Bonchev–Trinajstić information content (AvgIpc) is 2.37. The lowest BCUT2D eigenvalue weighted by Crippen LogP contribution is -2.12. The summed E-state index contributed by atoms with van der Waals surface area (Å²) in [6.07, 6.45) is 3.67. The van der Waals surface area contributed by atoms with Gasteiger partial charge in [-0.3, -0.25) is 4.79 Å². The van der Waals surface area contributed by atoms with Crippen LogP contribution in [0.25, 0.3) is 0 Å². The zero-order valence-corrected chi connectivity index (χ0v) is 11.4. The van der Waals surface area contributed by atoms with Crippen molar-refractivity contribution in [2.75, 3.05) is 20.6 Å². The molecule has 0 saturated carbocycles. The molecule has 3 heteroatoms. The number of ether oxygens (including phenoxy) is 1. The number of carbonyl (C=O) groups is 1. The van der Waals surface area contributed by atoms with Crippen LogP contribution in [0.5, 0.6) is 0 Å². The molecule has 0 aliphatic carbocycles. The van der Waals surface area contributed by atoms with Gasteiger partial charge in [-0.1, -0.05) is 36.8 Å². The fraction of sp³-hybridized carbons (Fsp3) is 0.533. The predicted octanol–water partition coefficient (Wildman–Crippen LogP) is 2.85. The number of carbonyl (C=O) groups excluding carboxylic acids is 1. The molecule has 0 fully saturated rings. The summed E-state index contributed by atoms with van der Waals surface area (Å²) in [4.78, 5) is 13.6. The largest absolute Gasteiger partial charge is 0.461 e. The molecule has 0 spiro atoms. The van der Waals surface area contributed by atoms with Gasteiger partial charge in [-0.25, -0.2) is 0 Å². The van der Waals surface area contributed by atoms with Crippen LogP contribution in [-0.2, 0) is 16.1 Å². The standard InChI is InChI=1S/C15H23NO2/c1-16(2)12-8-4-7-11-15(17)18-13-14-9-5-3-6-10-14/h3,5-6,9-10H,4,7-8,11-13H2,1-2H3. The smallest absolute Gasteiger partial charge is 0.306 e. The number of hydrogen-bond donors (Lipinski definition) is 0. The van der Waals surface area contributed by atoms with Crippen LogP contribution in [0.3, 0.4) is 0 Å². The van der Waals surface area contributed by atoms with Crippen LogP contribution < -0.4 is 0 Å². The van der Waals surface area contributed by atoms with Crippen LogP contribution in [0.15, 0.2) is 30.3 Å². The monoisotopic (exact) mass is 249 g/mol. The molecule has 0 saturated heterocycles. The molecule has 0 aliphatic rings. The molecule has 0 aromatic heterocycles. The average molecular weight is 249 g/mol. The van der Waals surface area contributed by atoms with E-state index < -0.39 is 0 Å². The number of unbranched alkanes of at least 4 members (excludes halogenated alkanes) is 2. The Bertz CT molecular complexity index is 336. The zero-order valence-electron chi connectivity index (χ0n) is 11.4. The molecule has 0 radical (unpaired) electrons. The molecule has 100 valence electrons. The molecule has 0 heterocycles. The number of nitrogens with zero attached hydrogens (tertiary/aromatic N) is 1. The van der Waals surface area contributed by atoms with Gasteiger partial charge in [-0.05, 0) is 39.0 Å². The van der Waals surface area contributed by atoms with E-state index in [-0.39, 0.29) is 5.97 Å². The first-order chi connectivity index (χ1) is 8.68. The molecule has 0 bridgehead atoms. The van der Waals surface area contributed by atoms with Gasteiger partial charge < -0.3 is 9.64 Å². The van der Waals surface area contributed by atoms with Gasteiger partial charge >= 0.3 is 5.97 Å². The van der Waals surface area contributed by atoms with Crippen molar-refractivity contribution in [1.29, 1.82) is 0 Å². The summed E-state index contributed by atoms with van der Waals surface area (Å²) in [5.41, 5.74) is 1.04. The maximum absolute atomic E-state index is 11.5. The zero-order chi connectivity index (χ0) is 13.2.